The van der Waals surface area contributed by atoms with Crippen LogP contribution in [0.2, 0.25) is 0 Å². The van der Waals surface area contributed by atoms with Crippen molar-refractivity contribution in [3.8, 4) is 0 Å². The number of nitrogens with zero attached hydrogens (tertiary/aromatic N) is 2. The number of sulfonamides is 1. The van der Waals surface area contributed by atoms with Gasteiger partial charge in [-0.05, 0) is 18.2 Å². The highest BCUT2D eigenvalue weighted by atomic mass is 32.2. The SMILES string of the molecule is NC(=O)c1ccc(S(=O)(=O)Nc2nncs2)c(N)c1. The Morgan fingerprint density at radius 3 is 2.63 bits per heavy atom. The number of amides is 1. The maximum Gasteiger partial charge on any atom is 0.265 e. The quantitative estimate of drug-likeness (QED) is 0.679. The molecule has 1 amide bonds. The molecule has 0 bridgehead atoms. The zero-order valence-electron chi connectivity index (χ0n) is 9.40. The molecule has 0 unspecified atom stereocenters. The van der Waals surface area contributed by atoms with Gasteiger partial charge >= 0.3 is 0 Å². The molecule has 0 saturated heterocycles. The predicted octanol–water partition coefficient (Wildman–Crippen LogP) is 0.0200. The van der Waals surface area contributed by atoms with Crippen molar-refractivity contribution in [3.63, 3.8) is 0 Å². The van der Waals surface area contributed by atoms with Gasteiger partial charge in [0.05, 0.1) is 5.69 Å². The minimum Gasteiger partial charge on any atom is -0.398 e. The molecule has 0 fully saturated rings. The third-order valence-electron chi connectivity index (χ3n) is 2.17. The van der Waals surface area contributed by atoms with E-state index in [2.05, 4.69) is 14.9 Å². The summed E-state index contributed by atoms with van der Waals surface area (Å²) in [7, 11) is -3.88. The van der Waals surface area contributed by atoms with Crippen LogP contribution in [0.4, 0.5) is 10.8 Å². The van der Waals surface area contributed by atoms with Crippen LogP contribution in [-0.2, 0) is 10.0 Å². The van der Waals surface area contributed by atoms with Gasteiger partial charge in [0.2, 0.25) is 11.0 Å². The highest BCUT2D eigenvalue weighted by molar-refractivity contribution is 7.93. The molecule has 2 aromatic rings. The lowest BCUT2D eigenvalue weighted by Crippen LogP contribution is -2.16. The first kappa shape index (κ1) is 13.2. The smallest absolute Gasteiger partial charge is 0.265 e. The third-order valence-corrected chi connectivity index (χ3v) is 4.31. The van der Waals surface area contributed by atoms with Gasteiger partial charge < -0.3 is 11.5 Å². The van der Waals surface area contributed by atoms with Crippen LogP contribution in [-0.4, -0.2) is 24.5 Å². The van der Waals surface area contributed by atoms with Gasteiger partial charge in [-0.1, -0.05) is 11.3 Å². The van der Waals surface area contributed by atoms with E-state index in [4.69, 9.17) is 11.5 Å². The Kier molecular flexibility index (Phi) is 3.36. The second-order valence-corrected chi connectivity index (χ2v) is 5.95. The highest BCUT2D eigenvalue weighted by Gasteiger charge is 2.19. The van der Waals surface area contributed by atoms with Gasteiger partial charge in [0.1, 0.15) is 10.4 Å². The zero-order chi connectivity index (χ0) is 14.0. The van der Waals surface area contributed by atoms with Crippen molar-refractivity contribution in [1.82, 2.24) is 10.2 Å². The van der Waals surface area contributed by atoms with E-state index >= 15 is 0 Å². The van der Waals surface area contributed by atoms with Crippen LogP contribution in [0.5, 0.6) is 0 Å². The number of carbonyl (C=O) groups is 1. The number of hydrogen-bond donors (Lipinski definition) is 3. The van der Waals surface area contributed by atoms with Crippen molar-refractivity contribution in [3.05, 3.63) is 29.3 Å². The molecule has 0 saturated carbocycles. The molecule has 19 heavy (non-hydrogen) atoms. The lowest BCUT2D eigenvalue weighted by molar-refractivity contribution is 0.1000. The highest BCUT2D eigenvalue weighted by Crippen LogP contribution is 2.23. The molecule has 1 heterocycles. The molecule has 0 aliphatic rings. The van der Waals surface area contributed by atoms with E-state index in [0.29, 0.717) is 0 Å². The van der Waals surface area contributed by atoms with Crippen molar-refractivity contribution < 1.29 is 13.2 Å². The number of benzene rings is 1. The maximum atomic E-state index is 12.0. The van der Waals surface area contributed by atoms with Crippen LogP contribution in [0.25, 0.3) is 0 Å². The van der Waals surface area contributed by atoms with Crippen molar-refractivity contribution >= 4 is 38.1 Å². The van der Waals surface area contributed by atoms with Gasteiger partial charge in [-0.25, -0.2) is 8.42 Å². The van der Waals surface area contributed by atoms with Gasteiger partial charge in [0, 0.05) is 5.56 Å². The first-order chi connectivity index (χ1) is 8.90. The average molecular weight is 299 g/mol. The van der Waals surface area contributed by atoms with Crippen LogP contribution in [0, 0.1) is 0 Å². The standard InChI is InChI=1S/C9H9N5O3S2/c10-6-3-5(8(11)15)1-2-7(6)19(16,17)14-9-13-12-4-18-9/h1-4H,10H2,(H2,11,15)(H,13,14). The molecular formula is C9H9N5O3S2. The summed E-state index contributed by atoms with van der Waals surface area (Å²) in [5.41, 5.74) is 12.1. The Bertz CT molecular complexity index is 711. The maximum absolute atomic E-state index is 12.0. The van der Waals surface area contributed by atoms with E-state index in [1.165, 1.54) is 23.7 Å². The number of hydrogen-bond acceptors (Lipinski definition) is 7. The molecule has 0 aliphatic heterocycles. The fourth-order valence-corrected chi connectivity index (χ4v) is 3.14. The molecule has 100 valence electrons. The van der Waals surface area contributed by atoms with Gasteiger partial charge in [0.25, 0.3) is 10.0 Å². The van der Waals surface area contributed by atoms with Crippen molar-refractivity contribution in [1.29, 1.82) is 0 Å². The summed E-state index contributed by atoms with van der Waals surface area (Å²) in [5, 5.41) is 7.20. The number of nitrogens with one attached hydrogen (secondary N) is 1. The first-order valence-corrected chi connectivity index (χ1v) is 7.25. The normalized spacial score (nSPS) is 11.2. The molecule has 0 radical (unpaired) electrons. The fraction of sp³-hybridized carbons (Fsp3) is 0. The summed E-state index contributed by atoms with van der Waals surface area (Å²) in [6.07, 6.45) is 0. The molecule has 0 spiro atoms. The molecule has 10 heteroatoms. The van der Waals surface area contributed by atoms with Crippen LogP contribution in [0.3, 0.4) is 0 Å². The largest absolute Gasteiger partial charge is 0.398 e. The second-order valence-electron chi connectivity index (χ2n) is 3.47. The Hall–Kier alpha value is -2.20. The molecule has 2 rings (SSSR count). The summed E-state index contributed by atoms with van der Waals surface area (Å²) < 4.78 is 26.3. The molecule has 0 atom stereocenters. The monoisotopic (exact) mass is 299 g/mol. The molecule has 8 nitrogen and oxygen atoms in total. The minimum atomic E-state index is -3.88. The number of nitrogens with two attached hydrogens (primary N) is 2. The van der Waals surface area contributed by atoms with Crippen LogP contribution in [0.15, 0.2) is 28.6 Å². The minimum absolute atomic E-state index is 0.0756. The van der Waals surface area contributed by atoms with E-state index in [0.717, 1.165) is 11.3 Å². The fourth-order valence-electron chi connectivity index (χ4n) is 1.33. The first-order valence-electron chi connectivity index (χ1n) is 4.88. The Morgan fingerprint density at radius 2 is 2.11 bits per heavy atom. The number of nitrogen functional groups attached to an aromatic ring is 1. The lowest BCUT2D eigenvalue weighted by atomic mass is 10.2. The number of carbonyl (C=O) groups excluding carboxylic acids is 1. The summed E-state index contributed by atoms with van der Waals surface area (Å²) >= 11 is 1.03. The second kappa shape index (κ2) is 4.82. The van der Waals surface area contributed by atoms with Crippen LogP contribution < -0.4 is 16.2 Å². The Labute approximate surface area is 112 Å². The molecule has 1 aromatic carbocycles. The Morgan fingerprint density at radius 1 is 1.37 bits per heavy atom. The van der Waals surface area contributed by atoms with E-state index in [-0.39, 0.29) is 21.3 Å². The number of anilines is 2. The van der Waals surface area contributed by atoms with Gasteiger partial charge in [-0.2, -0.15) is 0 Å². The van der Waals surface area contributed by atoms with Gasteiger partial charge in [-0.15, -0.1) is 10.2 Å². The van der Waals surface area contributed by atoms with E-state index < -0.39 is 15.9 Å². The van der Waals surface area contributed by atoms with Crippen molar-refractivity contribution in [2.24, 2.45) is 5.73 Å². The molecule has 5 N–H and O–H groups in total. The molecule has 0 aliphatic carbocycles. The summed E-state index contributed by atoms with van der Waals surface area (Å²) in [6.45, 7) is 0. The predicted molar refractivity (Wildman–Crippen MR) is 70.1 cm³/mol. The summed E-state index contributed by atoms with van der Waals surface area (Å²) in [6, 6.07) is 3.70. The number of primary amides is 1. The van der Waals surface area contributed by atoms with E-state index in [9.17, 15) is 13.2 Å². The number of rotatable bonds is 4. The van der Waals surface area contributed by atoms with Crippen molar-refractivity contribution in [2.45, 2.75) is 4.90 Å². The lowest BCUT2D eigenvalue weighted by Gasteiger charge is -2.08. The summed E-state index contributed by atoms with van der Waals surface area (Å²) in [4.78, 5) is 10.8. The van der Waals surface area contributed by atoms with Crippen LogP contribution in [0.1, 0.15) is 10.4 Å². The molecule has 1 aromatic heterocycles. The van der Waals surface area contributed by atoms with E-state index in [1.807, 2.05) is 0 Å². The van der Waals surface area contributed by atoms with Crippen molar-refractivity contribution in [2.75, 3.05) is 10.5 Å². The van der Waals surface area contributed by atoms with Crippen LogP contribution >= 0.6 is 11.3 Å². The molecular weight excluding hydrogens is 290 g/mol. The van der Waals surface area contributed by atoms with Gasteiger partial charge in [0.15, 0.2) is 0 Å². The summed E-state index contributed by atoms with van der Waals surface area (Å²) in [5.74, 6) is -0.687. The average Bonchev–Trinajstić information content (AvgIpc) is 2.80. The van der Waals surface area contributed by atoms with Gasteiger partial charge in [-0.3, -0.25) is 9.52 Å². The number of aromatic nitrogens is 2. The Balaban J connectivity index is 2.38. The third kappa shape index (κ3) is 2.80. The van der Waals surface area contributed by atoms with E-state index in [1.54, 1.807) is 0 Å². The zero-order valence-corrected chi connectivity index (χ0v) is 11.0. The topological polar surface area (TPSA) is 141 Å².